The molecule has 0 radical (unpaired) electrons. The summed E-state index contributed by atoms with van der Waals surface area (Å²) >= 11 is 5.56. The molecule has 58 valence electrons. The number of aromatic nitrogens is 2. The molecule has 0 aromatic carbocycles. The summed E-state index contributed by atoms with van der Waals surface area (Å²) in [6.07, 6.45) is 2.53. The zero-order valence-corrected chi connectivity index (χ0v) is 6.68. The summed E-state index contributed by atoms with van der Waals surface area (Å²) in [4.78, 5) is 7.77. The molecule has 11 heavy (non-hydrogen) atoms. The molecule has 1 rings (SSSR count). The molecule has 1 aromatic heterocycles. The van der Waals surface area contributed by atoms with Gasteiger partial charge in [-0.15, -0.1) is 0 Å². The standard InChI is InChI=1S/C6H7ClN4/c1-9-6-4(2-8)10-3-5(7)11-6/h2-3,8H,1H3,(H,9,11). The number of rotatable bonds is 2. The van der Waals surface area contributed by atoms with E-state index < -0.39 is 0 Å². The molecular weight excluding hydrogens is 164 g/mol. The van der Waals surface area contributed by atoms with Gasteiger partial charge < -0.3 is 10.7 Å². The normalized spacial score (nSPS) is 9.27. The van der Waals surface area contributed by atoms with E-state index in [4.69, 9.17) is 17.0 Å². The fourth-order valence-electron chi connectivity index (χ4n) is 0.666. The van der Waals surface area contributed by atoms with Crippen molar-refractivity contribution in [1.82, 2.24) is 9.97 Å². The first-order valence-electron chi connectivity index (χ1n) is 2.98. The number of hydrogen-bond donors (Lipinski definition) is 2. The molecule has 0 saturated heterocycles. The van der Waals surface area contributed by atoms with Crippen LogP contribution in [0.15, 0.2) is 6.20 Å². The Kier molecular flexibility index (Phi) is 2.38. The van der Waals surface area contributed by atoms with E-state index in [-0.39, 0.29) is 0 Å². The van der Waals surface area contributed by atoms with E-state index in [1.54, 1.807) is 7.05 Å². The van der Waals surface area contributed by atoms with Crippen molar-refractivity contribution in [3.8, 4) is 0 Å². The van der Waals surface area contributed by atoms with Gasteiger partial charge in [0.25, 0.3) is 0 Å². The van der Waals surface area contributed by atoms with E-state index in [1.807, 2.05) is 0 Å². The van der Waals surface area contributed by atoms with Crippen molar-refractivity contribution in [2.75, 3.05) is 12.4 Å². The van der Waals surface area contributed by atoms with Gasteiger partial charge >= 0.3 is 0 Å². The first-order valence-corrected chi connectivity index (χ1v) is 3.36. The van der Waals surface area contributed by atoms with Crippen molar-refractivity contribution in [2.24, 2.45) is 0 Å². The smallest absolute Gasteiger partial charge is 0.155 e. The lowest BCUT2D eigenvalue weighted by Crippen LogP contribution is -2.00. The number of nitrogens with one attached hydrogen (secondary N) is 2. The predicted octanol–water partition coefficient (Wildman–Crippen LogP) is 1.17. The Morgan fingerprint density at radius 2 is 2.45 bits per heavy atom. The molecule has 0 spiro atoms. The van der Waals surface area contributed by atoms with Gasteiger partial charge in [0.15, 0.2) is 5.82 Å². The van der Waals surface area contributed by atoms with Crippen LogP contribution in [0.4, 0.5) is 5.82 Å². The summed E-state index contributed by atoms with van der Waals surface area (Å²) in [5.41, 5.74) is 0.483. The Bertz CT molecular complexity index is 273. The highest BCUT2D eigenvalue weighted by Gasteiger charge is 2.00. The van der Waals surface area contributed by atoms with Crippen molar-refractivity contribution < 1.29 is 0 Å². The fourth-order valence-corrected chi connectivity index (χ4v) is 0.800. The van der Waals surface area contributed by atoms with Crippen LogP contribution in [0, 0.1) is 5.41 Å². The van der Waals surface area contributed by atoms with Gasteiger partial charge in [-0.25, -0.2) is 9.97 Å². The Balaban J connectivity index is 3.16. The second kappa shape index (κ2) is 3.30. The van der Waals surface area contributed by atoms with E-state index in [1.165, 1.54) is 6.20 Å². The molecular formula is C6H7ClN4. The summed E-state index contributed by atoms with van der Waals surface area (Å²) in [6, 6.07) is 0. The van der Waals surface area contributed by atoms with Crippen molar-refractivity contribution in [1.29, 1.82) is 5.41 Å². The maximum absolute atomic E-state index is 6.95. The SMILES string of the molecule is CNc1nc(Cl)cnc1C=N. The van der Waals surface area contributed by atoms with E-state index in [0.717, 1.165) is 6.21 Å². The van der Waals surface area contributed by atoms with Crippen LogP contribution >= 0.6 is 11.6 Å². The minimum Gasteiger partial charge on any atom is -0.371 e. The lowest BCUT2D eigenvalue weighted by atomic mass is 10.4. The highest BCUT2D eigenvalue weighted by Crippen LogP contribution is 2.10. The van der Waals surface area contributed by atoms with Crippen molar-refractivity contribution in [3.05, 3.63) is 17.0 Å². The maximum atomic E-state index is 6.95. The third-order valence-corrected chi connectivity index (χ3v) is 1.33. The third kappa shape index (κ3) is 1.65. The lowest BCUT2D eigenvalue weighted by Gasteiger charge is -2.01. The number of halogens is 1. The molecule has 0 bridgehead atoms. The van der Waals surface area contributed by atoms with Gasteiger partial charge in [0.1, 0.15) is 10.8 Å². The average molecular weight is 171 g/mol. The molecule has 0 saturated carbocycles. The third-order valence-electron chi connectivity index (χ3n) is 1.14. The van der Waals surface area contributed by atoms with Crippen LogP contribution in [-0.2, 0) is 0 Å². The maximum Gasteiger partial charge on any atom is 0.155 e. The van der Waals surface area contributed by atoms with E-state index >= 15 is 0 Å². The highest BCUT2D eigenvalue weighted by molar-refractivity contribution is 6.29. The van der Waals surface area contributed by atoms with Gasteiger partial charge in [0, 0.05) is 13.3 Å². The molecule has 0 atom stereocenters. The van der Waals surface area contributed by atoms with Crippen LogP contribution in [0.1, 0.15) is 5.69 Å². The van der Waals surface area contributed by atoms with Gasteiger partial charge in [-0.2, -0.15) is 0 Å². The first kappa shape index (κ1) is 7.94. The number of hydrogen-bond acceptors (Lipinski definition) is 4. The Morgan fingerprint density at radius 3 is 3.00 bits per heavy atom. The zero-order chi connectivity index (χ0) is 8.27. The van der Waals surface area contributed by atoms with Gasteiger partial charge in [-0.05, 0) is 0 Å². The second-order valence-electron chi connectivity index (χ2n) is 1.82. The molecule has 0 aliphatic carbocycles. The van der Waals surface area contributed by atoms with Crippen LogP contribution in [0.25, 0.3) is 0 Å². The Morgan fingerprint density at radius 1 is 1.73 bits per heavy atom. The molecule has 0 unspecified atom stereocenters. The minimum atomic E-state index is 0.319. The fraction of sp³-hybridized carbons (Fsp3) is 0.167. The molecule has 4 nitrogen and oxygen atoms in total. The molecule has 5 heteroatoms. The molecule has 1 aromatic rings. The highest BCUT2D eigenvalue weighted by atomic mass is 35.5. The molecule has 0 amide bonds. The van der Waals surface area contributed by atoms with Crippen LogP contribution in [0.2, 0.25) is 5.15 Å². The monoisotopic (exact) mass is 170 g/mol. The van der Waals surface area contributed by atoms with Crippen molar-refractivity contribution in [3.63, 3.8) is 0 Å². The zero-order valence-electron chi connectivity index (χ0n) is 5.93. The summed E-state index contributed by atoms with van der Waals surface area (Å²) < 4.78 is 0. The van der Waals surface area contributed by atoms with Gasteiger partial charge in [0.2, 0.25) is 0 Å². The van der Waals surface area contributed by atoms with Crippen LogP contribution in [0.3, 0.4) is 0 Å². The molecule has 2 N–H and O–H groups in total. The van der Waals surface area contributed by atoms with Gasteiger partial charge in [0.05, 0.1) is 6.20 Å². The molecule has 0 aliphatic rings. The van der Waals surface area contributed by atoms with E-state index in [2.05, 4.69) is 15.3 Å². The van der Waals surface area contributed by atoms with Crippen molar-refractivity contribution >= 4 is 23.6 Å². The largest absolute Gasteiger partial charge is 0.371 e. The second-order valence-corrected chi connectivity index (χ2v) is 2.21. The summed E-state index contributed by atoms with van der Waals surface area (Å²) in [6.45, 7) is 0. The van der Waals surface area contributed by atoms with E-state index in [9.17, 15) is 0 Å². The number of anilines is 1. The quantitative estimate of drug-likeness (QED) is 0.655. The lowest BCUT2D eigenvalue weighted by molar-refractivity contribution is 1.17. The molecule has 0 aliphatic heterocycles. The average Bonchev–Trinajstić information content (AvgIpc) is 2.04. The van der Waals surface area contributed by atoms with E-state index in [0.29, 0.717) is 16.7 Å². The Hall–Kier alpha value is -1.16. The molecule has 1 heterocycles. The topological polar surface area (TPSA) is 61.7 Å². The van der Waals surface area contributed by atoms with Gasteiger partial charge in [-0.3, -0.25) is 0 Å². The van der Waals surface area contributed by atoms with Crippen LogP contribution in [-0.4, -0.2) is 23.2 Å². The number of nitrogens with zero attached hydrogens (tertiary/aromatic N) is 2. The summed E-state index contributed by atoms with van der Waals surface area (Å²) in [5.74, 6) is 0.521. The first-order chi connectivity index (χ1) is 5.27. The summed E-state index contributed by atoms with van der Waals surface area (Å²) in [7, 11) is 1.70. The summed E-state index contributed by atoms with van der Waals surface area (Å²) in [5, 5.41) is 10.0. The van der Waals surface area contributed by atoms with Crippen molar-refractivity contribution in [2.45, 2.75) is 0 Å². The van der Waals surface area contributed by atoms with Crippen LogP contribution < -0.4 is 5.32 Å². The van der Waals surface area contributed by atoms with Crippen LogP contribution in [0.5, 0.6) is 0 Å². The molecule has 0 fully saturated rings. The predicted molar refractivity (Wildman–Crippen MR) is 44.5 cm³/mol. The Labute approximate surface area is 69.1 Å². The minimum absolute atomic E-state index is 0.319. The van der Waals surface area contributed by atoms with Gasteiger partial charge in [-0.1, -0.05) is 11.6 Å².